The monoisotopic (exact) mass is 360 g/mol. The Morgan fingerprint density at radius 3 is 2.48 bits per heavy atom. The molecule has 0 aliphatic rings. The standard InChI is InChI=1S/C18H14BrClO/c19-16-8-7-15(11-17(16)20)18(21)10-12-5-6-13-3-1-2-4-14(13)9-12/h1-9,11,18,21H,10H2. The molecule has 0 aromatic heterocycles. The zero-order valence-corrected chi connectivity index (χ0v) is 13.6. The molecule has 0 saturated heterocycles. The van der Waals surface area contributed by atoms with E-state index in [2.05, 4.69) is 46.3 Å². The Labute approximate surface area is 137 Å². The Hall–Kier alpha value is -1.35. The van der Waals surface area contributed by atoms with Crippen molar-refractivity contribution >= 4 is 38.3 Å². The summed E-state index contributed by atoms with van der Waals surface area (Å²) in [5.74, 6) is 0. The van der Waals surface area contributed by atoms with Crippen LogP contribution in [-0.2, 0) is 6.42 Å². The summed E-state index contributed by atoms with van der Waals surface area (Å²) in [5, 5.41) is 13.4. The minimum Gasteiger partial charge on any atom is -0.388 e. The zero-order valence-electron chi connectivity index (χ0n) is 11.3. The smallest absolute Gasteiger partial charge is 0.0830 e. The molecule has 21 heavy (non-hydrogen) atoms. The van der Waals surface area contributed by atoms with Crippen LogP contribution < -0.4 is 0 Å². The van der Waals surface area contributed by atoms with Crippen molar-refractivity contribution in [1.82, 2.24) is 0 Å². The quantitative estimate of drug-likeness (QED) is 0.650. The highest BCUT2D eigenvalue weighted by Gasteiger charge is 2.10. The molecule has 0 aliphatic heterocycles. The largest absolute Gasteiger partial charge is 0.388 e. The highest BCUT2D eigenvalue weighted by Crippen LogP contribution is 2.28. The van der Waals surface area contributed by atoms with E-state index in [1.807, 2.05) is 24.3 Å². The summed E-state index contributed by atoms with van der Waals surface area (Å²) >= 11 is 9.44. The van der Waals surface area contributed by atoms with Gasteiger partial charge >= 0.3 is 0 Å². The van der Waals surface area contributed by atoms with Crippen LogP contribution in [0.3, 0.4) is 0 Å². The lowest BCUT2D eigenvalue weighted by Gasteiger charge is -2.12. The lowest BCUT2D eigenvalue weighted by molar-refractivity contribution is 0.178. The first-order valence-electron chi connectivity index (χ1n) is 6.74. The van der Waals surface area contributed by atoms with E-state index in [0.29, 0.717) is 11.4 Å². The number of fused-ring (bicyclic) bond motifs is 1. The Morgan fingerprint density at radius 1 is 0.952 bits per heavy atom. The predicted octanol–water partition coefficient (Wildman–Crippen LogP) is 5.53. The van der Waals surface area contributed by atoms with Crippen molar-refractivity contribution in [2.75, 3.05) is 0 Å². The molecule has 1 unspecified atom stereocenters. The Balaban J connectivity index is 1.85. The van der Waals surface area contributed by atoms with E-state index in [9.17, 15) is 5.11 Å². The van der Waals surface area contributed by atoms with Crippen molar-refractivity contribution in [2.24, 2.45) is 0 Å². The number of rotatable bonds is 3. The molecule has 0 saturated carbocycles. The van der Waals surface area contributed by atoms with Crippen molar-refractivity contribution in [3.05, 3.63) is 81.3 Å². The van der Waals surface area contributed by atoms with Gasteiger partial charge in [-0.05, 0) is 50.0 Å². The summed E-state index contributed by atoms with van der Waals surface area (Å²) in [4.78, 5) is 0. The topological polar surface area (TPSA) is 20.2 Å². The summed E-state index contributed by atoms with van der Waals surface area (Å²) in [6.45, 7) is 0. The summed E-state index contributed by atoms with van der Waals surface area (Å²) in [6, 6.07) is 20.1. The summed E-state index contributed by atoms with van der Waals surface area (Å²) in [5.41, 5.74) is 1.94. The molecule has 1 N–H and O–H groups in total. The highest BCUT2D eigenvalue weighted by molar-refractivity contribution is 9.10. The van der Waals surface area contributed by atoms with Crippen LogP contribution in [-0.4, -0.2) is 5.11 Å². The molecule has 3 rings (SSSR count). The third-order valence-corrected chi connectivity index (χ3v) is 4.80. The molecule has 1 atom stereocenters. The first kappa shape index (κ1) is 14.6. The van der Waals surface area contributed by atoms with Crippen molar-refractivity contribution < 1.29 is 5.11 Å². The van der Waals surface area contributed by atoms with Gasteiger partial charge in [-0.15, -0.1) is 0 Å². The fourth-order valence-corrected chi connectivity index (χ4v) is 2.86. The average Bonchev–Trinajstić information content (AvgIpc) is 2.50. The second-order valence-corrected chi connectivity index (χ2v) is 6.34. The molecule has 3 aromatic carbocycles. The molecule has 0 amide bonds. The number of aliphatic hydroxyl groups excluding tert-OH is 1. The molecule has 3 heteroatoms. The number of aliphatic hydroxyl groups is 1. The van der Waals surface area contributed by atoms with Gasteiger partial charge in [0.1, 0.15) is 0 Å². The van der Waals surface area contributed by atoms with Crippen LogP contribution in [0.4, 0.5) is 0 Å². The van der Waals surface area contributed by atoms with Gasteiger partial charge in [-0.25, -0.2) is 0 Å². The molecule has 106 valence electrons. The van der Waals surface area contributed by atoms with Crippen LogP contribution in [0, 0.1) is 0 Å². The number of halogens is 2. The Morgan fingerprint density at radius 2 is 1.71 bits per heavy atom. The lowest BCUT2D eigenvalue weighted by atomic mass is 9.99. The molecule has 0 heterocycles. The predicted molar refractivity (Wildman–Crippen MR) is 91.8 cm³/mol. The molecule has 1 nitrogen and oxygen atoms in total. The van der Waals surface area contributed by atoms with Crippen LogP contribution in [0.1, 0.15) is 17.2 Å². The Bertz CT molecular complexity index is 785. The first-order chi connectivity index (χ1) is 10.1. The highest BCUT2D eigenvalue weighted by atomic mass is 79.9. The second kappa shape index (κ2) is 6.18. The minimum absolute atomic E-state index is 0.559. The Kier molecular flexibility index (Phi) is 4.29. The van der Waals surface area contributed by atoms with E-state index in [4.69, 9.17) is 11.6 Å². The molecule has 0 radical (unpaired) electrons. The van der Waals surface area contributed by atoms with Gasteiger partial charge in [-0.1, -0.05) is 60.1 Å². The normalized spacial score (nSPS) is 12.5. The zero-order chi connectivity index (χ0) is 14.8. The van der Waals surface area contributed by atoms with Crippen LogP contribution in [0.2, 0.25) is 5.02 Å². The minimum atomic E-state index is -0.559. The molecule has 0 aliphatic carbocycles. The third kappa shape index (κ3) is 3.29. The van der Waals surface area contributed by atoms with E-state index in [0.717, 1.165) is 15.6 Å². The third-order valence-electron chi connectivity index (χ3n) is 3.57. The maximum Gasteiger partial charge on any atom is 0.0830 e. The van der Waals surface area contributed by atoms with Gasteiger partial charge in [0.25, 0.3) is 0 Å². The van der Waals surface area contributed by atoms with E-state index in [-0.39, 0.29) is 0 Å². The van der Waals surface area contributed by atoms with Gasteiger partial charge in [0.2, 0.25) is 0 Å². The van der Waals surface area contributed by atoms with Crippen LogP contribution in [0.5, 0.6) is 0 Å². The molecular formula is C18H14BrClO. The van der Waals surface area contributed by atoms with E-state index < -0.39 is 6.10 Å². The molecule has 0 spiro atoms. The van der Waals surface area contributed by atoms with Gasteiger partial charge in [-0.3, -0.25) is 0 Å². The van der Waals surface area contributed by atoms with Crippen LogP contribution in [0.25, 0.3) is 10.8 Å². The van der Waals surface area contributed by atoms with E-state index in [1.165, 1.54) is 10.8 Å². The van der Waals surface area contributed by atoms with Crippen molar-refractivity contribution in [3.8, 4) is 0 Å². The molecule has 0 bridgehead atoms. The van der Waals surface area contributed by atoms with Crippen molar-refractivity contribution in [1.29, 1.82) is 0 Å². The summed E-state index contributed by atoms with van der Waals surface area (Å²) < 4.78 is 0.839. The van der Waals surface area contributed by atoms with Crippen molar-refractivity contribution in [3.63, 3.8) is 0 Å². The number of hydrogen-bond donors (Lipinski definition) is 1. The molecule has 0 fully saturated rings. The van der Waals surface area contributed by atoms with E-state index >= 15 is 0 Å². The molecular weight excluding hydrogens is 348 g/mol. The first-order valence-corrected chi connectivity index (χ1v) is 7.91. The van der Waals surface area contributed by atoms with Crippen molar-refractivity contribution in [2.45, 2.75) is 12.5 Å². The van der Waals surface area contributed by atoms with Gasteiger partial charge in [-0.2, -0.15) is 0 Å². The summed E-state index contributed by atoms with van der Waals surface area (Å²) in [7, 11) is 0. The molecule has 3 aromatic rings. The number of benzene rings is 3. The maximum absolute atomic E-state index is 10.4. The average molecular weight is 362 g/mol. The fourth-order valence-electron chi connectivity index (χ4n) is 2.43. The number of hydrogen-bond acceptors (Lipinski definition) is 1. The van der Waals surface area contributed by atoms with Gasteiger partial charge < -0.3 is 5.11 Å². The van der Waals surface area contributed by atoms with Crippen LogP contribution in [0.15, 0.2) is 65.1 Å². The van der Waals surface area contributed by atoms with Gasteiger partial charge in [0.15, 0.2) is 0 Å². The summed E-state index contributed by atoms with van der Waals surface area (Å²) in [6.07, 6.45) is 0.0137. The SMILES string of the molecule is OC(Cc1ccc2ccccc2c1)c1ccc(Br)c(Cl)c1. The second-order valence-electron chi connectivity index (χ2n) is 5.07. The van der Waals surface area contributed by atoms with E-state index in [1.54, 1.807) is 6.07 Å². The van der Waals surface area contributed by atoms with Crippen LogP contribution >= 0.6 is 27.5 Å². The van der Waals surface area contributed by atoms with Gasteiger partial charge in [0.05, 0.1) is 11.1 Å². The maximum atomic E-state index is 10.4. The van der Waals surface area contributed by atoms with Gasteiger partial charge in [0, 0.05) is 10.9 Å². The lowest BCUT2D eigenvalue weighted by Crippen LogP contribution is -2.01. The fraction of sp³-hybridized carbons (Fsp3) is 0.111.